The van der Waals surface area contributed by atoms with E-state index in [1.165, 1.54) is 0 Å². The maximum atomic E-state index is 12.7. The number of amides is 1. The first-order valence-corrected chi connectivity index (χ1v) is 7.51. The van der Waals surface area contributed by atoms with E-state index in [0.717, 1.165) is 17.1 Å². The van der Waals surface area contributed by atoms with Crippen LogP contribution in [0.1, 0.15) is 5.76 Å². The average Bonchev–Trinajstić information content (AvgIpc) is 3.10. The molecule has 4 nitrogen and oxygen atoms in total. The Morgan fingerprint density at radius 2 is 1.48 bits per heavy atom. The SMILES string of the molecule is O=C(CNCc1ccco1)N(c1ccccc1)c1ccccc1. The number of nitrogens with zero attached hydrogens (tertiary/aromatic N) is 1. The van der Waals surface area contributed by atoms with Gasteiger partial charge in [-0.05, 0) is 36.4 Å². The van der Waals surface area contributed by atoms with Crippen LogP contribution in [0.2, 0.25) is 0 Å². The molecule has 1 amide bonds. The maximum absolute atomic E-state index is 12.7. The fourth-order valence-corrected chi connectivity index (χ4v) is 2.38. The molecule has 0 aliphatic heterocycles. The summed E-state index contributed by atoms with van der Waals surface area (Å²) in [4.78, 5) is 14.4. The first-order chi connectivity index (χ1) is 11.3. The van der Waals surface area contributed by atoms with Gasteiger partial charge < -0.3 is 9.73 Å². The van der Waals surface area contributed by atoms with Crippen molar-refractivity contribution in [2.45, 2.75) is 6.54 Å². The lowest BCUT2D eigenvalue weighted by molar-refractivity contribution is -0.117. The summed E-state index contributed by atoms with van der Waals surface area (Å²) in [5.74, 6) is 0.790. The quantitative estimate of drug-likeness (QED) is 0.754. The monoisotopic (exact) mass is 306 g/mol. The summed E-state index contributed by atoms with van der Waals surface area (Å²) in [7, 11) is 0. The third-order valence-corrected chi connectivity index (χ3v) is 3.43. The summed E-state index contributed by atoms with van der Waals surface area (Å²) in [6.07, 6.45) is 1.62. The van der Waals surface area contributed by atoms with Gasteiger partial charge in [0, 0.05) is 11.4 Å². The lowest BCUT2D eigenvalue weighted by atomic mass is 10.2. The second-order valence-electron chi connectivity index (χ2n) is 5.08. The topological polar surface area (TPSA) is 45.5 Å². The Morgan fingerprint density at radius 1 is 0.870 bits per heavy atom. The standard InChI is InChI=1S/C19H18N2O2/c22-19(15-20-14-18-12-7-13-23-18)21(16-8-3-1-4-9-16)17-10-5-2-6-11-17/h1-13,20H,14-15H2. The minimum absolute atomic E-state index is 0.0195. The van der Waals surface area contributed by atoms with Crippen LogP contribution in [0.25, 0.3) is 0 Å². The lowest BCUT2D eigenvalue weighted by Crippen LogP contribution is -2.34. The summed E-state index contributed by atoms with van der Waals surface area (Å²) in [6.45, 7) is 0.751. The molecule has 0 spiro atoms. The van der Waals surface area contributed by atoms with Crippen LogP contribution in [0.3, 0.4) is 0 Å². The van der Waals surface area contributed by atoms with Gasteiger partial charge in [0.25, 0.3) is 0 Å². The maximum Gasteiger partial charge on any atom is 0.245 e. The van der Waals surface area contributed by atoms with E-state index in [0.29, 0.717) is 6.54 Å². The number of hydrogen-bond donors (Lipinski definition) is 1. The minimum atomic E-state index is -0.0195. The van der Waals surface area contributed by atoms with Crippen molar-refractivity contribution in [3.8, 4) is 0 Å². The van der Waals surface area contributed by atoms with Crippen molar-refractivity contribution in [1.29, 1.82) is 0 Å². The van der Waals surface area contributed by atoms with Gasteiger partial charge >= 0.3 is 0 Å². The normalized spacial score (nSPS) is 10.4. The summed E-state index contributed by atoms with van der Waals surface area (Å²) in [5, 5.41) is 3.12. The molecule has 1 aromatic heterocycles. The van der Waals surface area contributed by atoms with Crippen molar-refractivity contribution in [3.63, 3.8) is 0 Å². The van der Waals surface area contributed by atoms with E-state index in [2.05, 4.69) is 5.32 Å². The average molecular weight is 306 g/mol. The van der Waals surface area contributed by atoms with Crippen LogP contribution in [0.15, 0.2) is 83.5 Å². The van der Waals surface area contributed by atoms with Gasteiger partial charge in [0.1, 0.15) is 5.76 Å². The van der Waals surface area contributed by atoms with Crippen molar-refractivity contribution in [3.05, 3.63) is 84.8 Å². The van der Waals surface area contributed by atoms with Crippen molar-refractivity contribution in [2.24, 2.45) is 0 Å². The van der Waals surface area contributed by atoms with Crippen molar-refractivity contribution in [1.82, 2.24) is 5.32 Å². The van der Waals surface area contributed by atoms with Gasteiger partial charge in [-0.1, -0.05) is 36.4 Å². The molecule has 116 valence electrons. The molecule has 1 heterocycles. The molecule has 0 fully saturated rings. The highest BCUT2D eigenvalue weighted by Gasteiger charge is 2.17. The van der Waals surface area contributed by atoms with Crippen LogP contribution in [0, 0.1) is 0 Å². The van der Waals surface area contributed by atoms with E-state index >= 15 is 0 Å². The second kappa shape index (κ2) is 7.42. The molecular weight excluding hydrogens is 288 g/mol. The molecule has 23 heavy (non-hydrogen) atoms. The highest BCUT2D eigenvalue weighted by Crippen LogP contribution is 2.24. The molecular formula is C19H18N2O2. The Kier molecular flexibility index (Phi) is 4.86. The molecule has 3 rings (SSSR count). The third-order valence-electron chi connectivity index (χ3n) is 3.43. The van der Waals surface area contributed by atoms with Gasteiger partial charge in [-0.3, -0.25) is 9.69 Å². The molecule has 0 unspecified atom stereocenters. The van der Waals surface area contributed by atoms with E-state index in [-0.39, 0.29) is 12.5 Å². The second-order valence-corrected chi connectivity index (χ2v) is 5.08. The number of carbonyl (C=O) groups is 1. The summed E-state index contributed by atoms with van der Waals surface area (Å²) in [5.41, 5.74) is 1.70. The zero-order valence-electron chi connectivity index (χ0n) is 12.7. The van der Waals surface area contributed by atoms with E-state index < -0.39 is 0 Å². The van der Waals surface area contributed by atoms with Gasteiger partial charge in [-0.15, -0.1) is 0 Å². The first kappa shape index (κ1) is 15.1. The molecule has 0 saturated heterocycles. The van der Waals surface area contributed by atoms with Crippen LogP contribution in [-0.2, 0) is 11.3 Å². The van der Waals surface area contributed by atoms with Gasteiger partial charge in [-0.2, -0.15) is 0 Å². The Labute approximate surface area is 135 Å². The summed E-state index contributed by atoms with van der Waals surface area (Å²) in [6, 6.07) is 23.0. The molecule has 4 heteroatoms. The number of nitrogens with one attached hydrogen (secondary N) is 1. The molecule has 0 aliphatic rings. The molecule has 0 aliphatic carbocycles. The molecule has 2 aromatic carbocycles. The van der Waals surface area contributed by atoms with Crippen molar-refractivity contribution < 1.29 is 9.21 Å². The van der Waals surface area contributed by atoms with Crippen LogP contribution < -0.4 is 10.2 Å². The third kappa shape index (κ3) is 3.87. The Bertz CT molecular complexity index is 685. The molecule has 0 atom stereocenters. The molecule has 0 saturated carbocycles. The fourth-order valence-electron chi connectivity index (χ4n) is 2.38. The van der Waals surface area contributed by atoms with E-state index in [1.54, 1.807) is 11.2 Å². The number of carbonyl (C=O) groups excluding carboxylic acids is 1. The highest BCUT2D eigenvalue weighted by atomic mass is 16.3. The molecule has 1 N–H and O–H groups in total. The fraction of sp³-hybridized carbons (Fsp3) is 0.105. The predicted octanol–water partition coefficient (Wildman–Crippen LogP) is 3.73. The largest absolute Gasteiger partial charge is 0.468 e. The highest BCUT2D eigenvalue weighted by molar-refractivity contribution is 6.01. The van der Waals surface area contributed by atoms with Crippen LogP contribution in [0.4, 0.5) is 11.4 Å². The first-order valence-electron chi connectivity index (χ1n) is 7.51. The summed E-state index contributed by atoms with van der Waals surface area (Å²) < 4.78 is 5.26. The number of anilines is 2. The number of hydrogen-bond acceptors (Lipinski definition) is 3. The molecule has 0 bridgehead atoms. The molecule has 3 aromatic rings. The van der Waals surface area contributed by atoms with Gasteiger partial charge in [0.05, 0.1) is 19.4 Å². The van der Waals surface area contributed by atoms with E-state index in [9.17, 15) is 4.79 Å². The Balaban J connectivity index is 1.74. The van der Waals surface area contributed by atoms with Crippen molar-refractivity contribution in [2.75, 3.05) is 11.4 Å². The number of furan rings is 1. The Hall–Kier alpha value is -2.85. The van der Waals surface area contributed by atoms with Crippen LogP contribution in [0.5, 0.6) is 0 Å². The van der Waals surface area contributed by atoms with Crippen molar-refractivity contribution >= 4 is 17.3 Å². The van der Waals surface area contributed by atoms with Crippen LogP contribution in [-0.4, -0.2) is 12.5 Å². The summed E-state index contributed by atoms with van der Waals surface area (Å²) >= 11 is 0. The zero-order chi connectivity index (χ0) is 15.9. The predicted molar refractivity (Wildman–Crippen MR) is 90.4 cm³/mol. The van der Waals surface area contributed by atoms with Gasteiger partial charge in [-0.25, -0.2) is 0 Å². The Morgan fingerprint density at radius 3 is 2.00 bits per heavy atom. The number of benzene rings is 2. The van der Waals surface area contributed by atoms with Crippen LogP contribution >= 0.6 is 0 Å². The number of para-hydroxylation sites is 2. The lowest BCUT2D eigenvalue weighted by Gasteiger charge is -2.23. The zero-order valence-corrected chi connectivity index (χ0v) is 12.7. The van der Waals surface area contributed by atoms with Gasteiger partial charge in [0.15, 0.2) is 0 Å². The number of rotatable bonds is 6. The smallest absolute Gasteiger partial charge is 0.245 e. The van der Waals surface area contributed by atoms with E-state index in [1.807, 2.05) is 72.8 Å². The minimum Gasteiger partial charge on any atom is -0.468 e. The van der Waals surface area contributed by atoms with E-state index in [4.69, 9.17) is 4.42 Å². The van der Waals surface area contributed by atoms with Gasteiger partial charge in [0.2, 0.25) is 5.91 Å². The molecule has 0 radical (unpaired) electrons.